The number of allylic oxidation sites excluding steroid dienone is 1. The number of nitrogens with zero attached hydrogens (tertiary/aromatic N) is 1. The zero-order valence-corrected chi connectivity index (χ0v) is 11.4. The predicted octanol–water partition coefficient (Wildman–Crippen LogP) is 2.90. The number of hydrogen-bond donors (Lipinski definition) is 1. The molecule has 0 aromatic rings. The molecule has 0 heterocycles. The van der Waals surface area contributed by atoms with Gasteiger partial charge in [0.25, 0.3) is 0 Å². The Kier molecular flexibility index (Phi) is 9.65. The van der Waals surface area contributed by atoms with Crippen LogP contribution in [0, 0.1) is 11.8 Å². The van der Waals surface area contributed by atoms with Crippen LogP contribution in [0.15, 0.2) is 12.7 Å². The van der Waals surface area contributed by atoms with Crippen LogP contribution in [-0.2, 0) is 0 Å². The third kappa shape index (κ3) is 8.93. The fourth-order valence-electron chi connectivity index (χ4n) is 2.11. The molecule has 0 saturated heterocycles. The monoisotopic (exact) mass is 226 g/mol. The average Bonchev–Trinajstić information content (AvgIpc) is 2.23. The molecule has 0 aliphatic carbocycles. The minimum Gasteiger partial charge on any atom is -0.330 e. The molecule has 2 heteroatoms. The molecule has 0 aromatic heterocycles. The van der Waals surface area contributed by atoms with Crippen LogP contribution < -0.4 is 5.73 Å². The highest BCUT2D eigenvalue weighted by Crippen LogP contribution is 2.12. The van der Waals surface area contributed by atoms with Crippen LogP contribution in [0.2, 0.25) is 0 Å². The van der Waals surface area contributed by atoms with E-state index in [-0.39, 0.29) is 0 Å². The molecule has 16 heavy (non-hydrogen) atoms. The summed E-state index contributed by atoms with van der Waals surface area (Å²) >= 11 is 0. The lowest BCUT2D eigenvalue weighted by molar-refractivity contribution is 0.252. The Balaban J connectivity index is 3.64. The second-order valence-electron chi connectivity index (χ2n) is 5.28. The van der Waals surface area contributed by atoms with E-state index in [0.29, 0.717) is 5.92 Å². The summed E-state index contributed by atoms with van der Waals surface area (Å²) < 4.78 is 0. The summed E-state index contributed by atoms with van der Waals surface area (Å²) in [6.07, 6.45) is 6.90. The first-order valence-electron chi connectivity index (χ1n) is 6.59. The van der Waals surface area contributed by atoms with Crippen molar-refractivity contribution in [3.63, 3.8) is 0 Å². The molecule has 2 N–H and O–H groups in total. The van der Waals surface area contributed by atoms with Crippen LogP contribution in [0.3, 0.4) is 0 Å². The van der Waals surface area contributed by atoms with Crippen molar-refractivity contribution in [2.45, 2.75) is 39.5 Å². The Morgan fingerprint density at radius 2 is 2.00 bits per heavy atom. The van der Waals surface area contributed by atoms with Gasteiger partial charge >= 0.3 is 0 Å². The van der Waals surface area contributed by atoms with Gasteiger partial charge in [-0.05, 0) is 57.7 Å². The fraction of sp³-hybridized carbons (Fsp3) is 0.857. The summed E-state index contributed by atoms with van der Waals surface area (Å²) in [7, 11) is 2.21. The van der Waals surface area contributed by atoms with Gasteiger partial charge in [-0.25, -0.2) is 0 Å². The normalized spacial score (nSPS) is 13.4. The maximum Gasteiger partial charge on any atom is 0.00188 e. The van der Waals surface area contributed by atoms with E-state index in [0.717, 1.165) is 25.4 Å². The molecular weight excluding hydrogens is 196 g/mol. The van der Waals surface area contributed by atoms with Crippen LogP contribution in [0.4, 0.5) is 0 Å². The van der Waals surface area contributed by atoms with Crippen molar-refractivity contribution in [3.05, 3.63) is 12.7 Å². The molecule has 0 aliphatic rings. The van der Waals surface area contributed by atoms with Crippen molar-refractivity contribution in [2.24, 2.45) is 17.6 Å². The van der Waals surface area contributed by atoms with Gasteiger partial charge in [0.15, 0.2) is 0 Å². The highest BCUT2D eigenvalue weighted by molar-refractivity contribution is 4.68. The lowest BCUT2D eigenvalue weighted by atomic mass is 9.97. The van der Waals surface area contributed by atoms with Gasteiger partial charge in [-0.15, -0.1) is 6.58 Å². The minimum atomic E-state index is 0.657. The predicted molar refractivity (Wildman–Crippen MR) is 73.5 cm³/mol. The summed E-state index contributed by atoms with van der Waals surface area (Å²) in [4.78, 5) is 2.42. The molecule has 1 unspecified atom stereocenters. The quantitative estimate of drug-likeness (QED) is 0.458. The van der Waals surface area contributed by atoms with Gasteiger partial charge in [0.2, 0.25) is 0 Å². The van der Waals surface area contributed by atoms with Crippen molar-refractivity contribution in [1.82, 2.24) is 4.90 Å². The van der Waals surface area contributed by atoms with E-state index in [1.54, 1.807) is 0 Å². The molecule has 0 fully saturated rings. The zero-order chi connectivity index (χ0) is 12.4. The van der Waals surface area contributed by atoms with Gasteiger partial charge < -0.3 is 10.6 Å². The standard InChI is InChI=1S/C14H30N2/c1-5-6-7-8-9-16(4)12-14(11-15)10-13(2)3/h5,13-14H,1,6-12,15H2,2-4H3. The van der Waals surface area contributed by atoms with Crippen LogP contribution in [0.5, 0.6) is 0 Å². The van der Waals surface area contributed by atoms with Crippen LogP contribution in [0.1, 0.15) is 39.5 Å². The maximum atomic E-state index is 5.81. The van der Waals surface area contributed by atoms with Crippen molar-refractivity contribution in [2.75, 3.05) is 26.7 Å². The summed E-state index contributed by atoms with van der Waals surface area (Å²) in [5.41, 5.74) is 5.81. The van der Waals surface area contributed by atoms with E-state index in [2.05, 4.69) is 32.4 Å². The molecule has 1 atom stereocenters. The van der Waals surface area contributed by atoms with E-state index >= 15 is 0 Å². The Morgan fingerprint density at radius 3 is 2.50 bits per heavy atom. The molecule has 0 rings (SSSR count). The van der Waals surface area contributed by atoms with E-state index in [9.17, 15) is 0 Å². The Labute approximate surface area is 102 Å². The molecule has 0 amide bonds. The zero-order valence-electron chi connectivity index (χ0n) is 11.4. The molecule has 96 valence electrons. The van der Waals surface area contributed by atoms with E-state index in [1.165, 1.54) is 25.8 Å². The first-order chi connectivity index (χ1) is 7.60. The Morgan fingerprint density at radius 1 is 1.31 bits per heavy atom. The second kappa shape index (κ2) is 9.86. The first-order valence-corrected chi connectivity index (χ1v) is 6.59. The van der Waals surface area contributed by atoms with Gasteiger partial charge in [-0.1, -0.05) is 19.9 Å². The molecule has 0 aliphatic heterocycles. The molecule has 0 radical (unpaired) electrons. The summed E-state index contributed by atoms with van der Waals surface area (Å²) in [6, 6.07) is 0. The average molecular weight is 226 g/mol. The van der Waals surface area contributed by atoms with E-state index in [4.69, 9.17) is 5.73 Å². The van der Waals surface area contributed by atoms with Crippen LogP contribution >= 0.6 is 0 Å². The Bertz CT molecular complexity index is 166. The number of hydrogen-bond acceptors (Lipinski definition) is 2. The fourth-order valence-corrected chi connectivity index (χ4v) is 2.11. The molecule has 0 bridgehead atoms. The van der Waals surface area contributed by atoms with Crippen LogP contribution in [0.25, 0.3) is 0 Å². The first kappa shape index (κ1) is 15.7. The van der Waals surface area contributed by atoms with Gasteiger partial charge in [0, 0.05) is 6.54 Å². The smallest absolute Gasteiger partial charge is 0.00188 e. The van der Waals surface area contributed by atoms with Crippen molar-refractivity contribution in [1.29, 1.82) is 0 Å². The van der Waals surface area contributed by atoms with Gasteiger partial charge in [0.05, 0.1) is 0 Å². The molecule has 0 saturated carbocycles. The molecule has 0 spiro atoms. The minimum absolute atomic E-state index is 0.657. The van der Waals surface area contributed by atoms with Gasteiger partial charge in [0.1, 0.15) is 0 Å². The molecule has 2 nitrogen and oxygen atoms in total. The largest absolute Gasteiger partial charge is 0.330 e. The third-order valence-electron chi connectivity index (χ3n) is 2.91. The lowest BCUT2D eigenvalue weighted by Gasteiger charge is -2.24. The summed E-state index contributed by atoms with van der Waals surface area (Å²) in [6.45, 7) is 11.4. The third-order valence-corrected chi connectivity index (χ3v) is 2.91. The SMILES string of the molecule is C=CCCCCN(C)CC(CN)CC(C)C. The van der Waals surface area contributed by atoms with Crippen molar-refractivity contribution < 1.29 is 0 Å². The van der Waals surface area contributed by atoms with Gasteiger partial charge in [-0.3, -0.25) is 0 Å². The number of unbranched alkanes of at least 4 members (excludes halogenated alkanes) is 2. The molecule has 0 aromatic carbocycles. The molecular formula is C14H30N2. The van der Waals surface area contributed by atoms with Crippen molar-refractivity contribution >= 4 is 0 Å². The van der Waals surface area contributed by atoms with Crippen molar-refractivity contribution in [3.8, 4) is 0 Å². The van der Waals surface area contributed by atoms with Gasteiger partial charge in [-0.2, -0.15) is 0 Å². The number of rotatable bonds is 10. The highest BCUT2D eigenvalue weighted by atomic mass is 15.1. The second-order valence-corrected chi connectivity index (χ2v) is 5.28. The number of nitrogens with two attached hydrogens (primary N) is 1. The lowest BCUT2D eigenvalue weighted by Crippen LogP contribution is -2.31. The maximum absolute atomic E-state index is 5.81. The van der Waals surface area contributed by atoms with Crippen LogP contribution in [-0.4, -0.2) is 31.6 Å². The van der Waals surface area contributed by atoms with E-state index < -0.39 is 0 Å². The van der Waals surface area contributed by atoms with E-state index in [1.807, 2.05) is 6.08 Å². The highest BCUT2D eigenvalue weighted by Gasteiger charge is 2.11. The topological polar surface area (TPSA) is 29.3 Å². The summed E-state index contributed by atoms with van der Waals surface area (Å²) in [5, 5.41) is 0. The Hall–Kier alpha value is -0.340. The summed E-state index contributed by atoms with van der Waals surface area (Å²) in [5.74, 6) is 1.41.